The van der Waals surface area contributed by atoms with Crippen molar-refractivity contribution in [3.63, 3.8) is 0 Å². The van der Waals surface area contributed by atoms with Gasteiger partial charge in [-0.15, -0.1) is 0 Å². The Kier molecular flexibility index (Phi) is 5.98. The lowest BCUT2D eigenvalue weighted by Gasteiger charge is -2.17. The SMILES string of the molecule is Cn1nccc1-c1ccc(Oc2ccc(F)c3c2CC[C@H]3Oc2ccc3c(c2)OCC3CC(=O)O)c(F)c1. The van der Waals surface area contributed by atoms with Crippen molar-refractivity contribution < 1.29 is 32.9 Å². The van der Waals surface area contributed by atoms with Crippen LogP contribution in [0.4, 0.5) is 8.78 Å². The summed E-state index contributed by atoms with van der Waals surface area (Å²) in [6, 6.07) is 14.6. The van der Waals surface area contributed by atoms with Gasteiger partial charge in [0.1, 0.15) is 29.2 Å². The van der Waals surface area contributed by atoms with E-state index < -0.39 is 23.7 Å². The van der Waals surface area contributed by atoms with Crippen LogP contribution in [0.5, 0.6) is 23.0 Å². The third kappa shape index (κ3) is 4.34. The Balaban J connectivity index is 1.23. The van der Waals surface area contributed by atoms with Crippen LogP contribution in [0.25, 0.3) is 11.3 Å². The maximum atomic E-state index is 15.0. The van der Waals surface area contributed by atoms with E-state index in [1.165, 1.54) is 18.2 Å². The predicted molar refractivity (Wildman–Crippen MR) is 134 cm³/mol. The lowest BCUT2D eigenvalue weighted by Crippen LogP contribution is -2.07. The molecule has 0 amide bonds. The number of hydrogen-bond acceptors (Lipinski definition) is 5. The first-order chi connectivity index (χ1) is 18.4. The summed E-state index contributed by atoms with van der Waals surface area (Å²) in [4.78, 5) is 11.1. The number of carbonyl (C=O) groups is 1. The van der Waals surface area contributed by atoms with Crippen molar-refractivity contribution >= 4 is 5.97 Å². The molecule has 1 aliphatic carbocycles. The molecular weight excluding hydrogens is 494 g/mol. The Labute approximate surface area is 217 Å². The lowest BCUT2D eigenvalue weighted by atomic mass is 9.98. The van der Waals surface area contributed by atoms with Crippen LogP contribution in [0.3, 0.4) is 0 Å². The first-order valence-electron chi connectivity index (χ1n) is 12.3. The van der Waals surface area contributed by atoms with Gasteiger partial charge in [-0.1, -0.05) is 6.07 Å². The summed E-state index contributed by atoms with van der Waals surface area (Å²) in [5.41, 5.74) is 3.29. The Hall–Kier alpha value is -4.40. The van der Waals surface area contributed by atoms with Crippen LogP contribution < -0.4 is 14.2 Å². The quantitative estimate of drug-likeness (QED) is 0.315. The Bertz CT molecular complexity index is 1550. The summed E-state index contributed by atoms with van der Waals surface area (Å²) in [6.07, 6.45) is 2.10. The number of fused-ring (bicyclic) bond motifs is 2. The maximum Gasteiger partial charge on any atom is 0.304 e. The Morgan fingerprint density at radius 1 is 1.11 bits per heavy atom. The van der Waals surface area contributed by atoms with E-state index in [-0.39, 0.29) is 18.1 Å². The van der Waals surface area contributed by atoms with Gasteiger partial charge in [0, 0.05) is 47.5 Å². The van der Waals surface area contributed by atoms with E-state index in [0.717, 1.165) is 11.3 Å². The molecule has 4 aromatic rings. The van der Waals surface area contributed by atoms with Gasteiger partial charge in [0.05, 0.1) is 18.7 Å². The molecule has 1 aliphatic heterocycles. The summed E-state index contributed by atoms with van der Waals surface area (Å²) >= 11 is 0. The fourth-order valence-electron chi connectivity index (χ4n) is 5.25. The van der Waals surface area contributed by atoms with E-state index >= 15 is 0 Å². The predicted octanol–water partition coefficient (Wildman–Crippen LogP) is 6.17. The van der Waals surface area contributed by atoms with E-state index in [0.29, 0.717) is 53.4 Å². The highest BCUT2D eigenvalue weighted by atomic mass is 19.1. The zero-order chi connectivity index (χ0) is 26.4. The summed E-state index contributed by atoms with van der Waals surface area (Å²) in [5, 5.41) is 13.2. The second-order valence-electron chi connectivity index (χ2n) is 9.48. The molecule has 2 heterocycles. The largest absolute Gasteiger partial charge is 0.492 e. The molecule has 0 saturated heterocycles. The van der Waals surface area contributed by atoms with Gasteiger partial charge >= 0.3 is 5.97 Å². The van der Waals surface area contributed by atoms with Crippen LogP contribution in [0.15, 0.2) is 60.8 Å². The van der Waals surface area contributed by atoms with Gasteiger partial charge in [0.25, 0.3) is 0 Å². The van der Waals surface area contributed by atoms with Gasteiger partial charge in [-0.2, -0.15) is 5.10 Å². The molecule has 0 saturated carbocycles. The number of benzene rings is 3. The number of aromatic nitrogens is 2. The minimum absolute atomic E-state index is 0.0101. The van der Waals surface area contributed by atoms with Crippen LogP contribution in [-0.4, -0.2) is 27.5 Å². The second-order valence-corrected chi connectivity index (χ2v) is 9.48. The van der Waals surface area contributed by atoms with Gasteiger partial charge in [-0.25, -0.2) is 8.78 Å². The molecule has 0 radical (unpaired) electrons. The van der Waals surface area contributed by atoms with Crippen LogP contribution in [0.1, 0.15) is 41.6 Å². The summed E-state index contributed by atoms with van der Waals surface area (Å²) < 4.78 is 49.3. The minimum Gasteiger partial charge on any atom is -0.492 e. The first-order valence-corrected chi connectivity index (χ1v) is 12.3. The third-order valence-electron chi connectivity index (χ3n) is 7.07. The van der Waals surface area contributed by atoms with Crippen molar-refractivity contribution in [2.45, 2.75) is 31.3 Å². The highest BCUT2D eigenvalue weighted by Crippen LogP contribution is 2.44. The number of halogens is 2. The number of hydrogen-bond donors (Lipinski definition) is 1. The van der Waals surface area contributed by atoms with Crippen molar-refractivity contribution in [1.82, 2.24) is 9.78 Å². The van der Waals surface area contributed by atoms with Gasteiger partial charge in [0.2, 0.25) is 0 Å². The molecule has 6 rings (SSSR count). The Morgan fingerprint density at radius 2 is 1.95 bits per heavy atom. The number of nitrogens with zero attached hydrogens (tertiary/aromatic N) is 2. The van der Waals surface area contributed by atoms with Crippen molar-refractivity contribution in [3.05, 3.63) is 89.1 Å². The van der Waals surface area contributed by atoms with Crippen LogP contribution >= 0.6 is 0 Å². The molecule has 1 N–H and O–H groups in total. The molecule has 2 aliphatic rings. The van der Waals surface area contributed by atoms with Crippen LogP contribution in [0.2, 0.25) is 0 Å². The average Bonchev–Trinajstić information content (AvgIpc) is 3.61. The van der Waals surface area contributed by atoms with Crippen molar-refractivity contribution in [2.24, 2.45) is 7.05 Å². The molecule has 7 nitrogen and oxygen atoms in total. The number of aryl methyl sites for hydroxylation is 1. The molecule has 1 unspecified atom stereocenters. The molecule has 0 bridgehead atoms. The highest BCUT2D eigenvalue weighted by molar-refractivity contribution is 5.69. The molecule has 2 atom stereocenters. The molecule has 0 fully saturated rings. The fraction of sp³-hybridized carbons (Fsp3) is 0.241. The molecule has 38 heavy (non-hydrogen) atoms. The lowest BCUT2D eigenvalue weighted by molar-refractivity contribution is -0.137. The average molecular weight is 519 g/mol. The topological polar surface area (TPSA) is 82.8 Å². The van der Waals surface area contributed by atoms with Crippen LogP contribution in [-0.2, 0) is 18.3 Å². The number of aliphatic carboxylic acids is 1. The molecule has 1 aromatic heterocycles. The molecule has 9 heteroatoms. The van der Waals surface area contributed by atoms with E-state index in [4.69, 9.17) is 19.3 Å². The van der Waals surface area contributed by atoms with E-state index in [2.05, 4.69) is 5.10 Å². The standard InChI is InChI=1S/C29H24F2N2O5/c1-33-23(10-11-32-33)16-2-7-25(22(31)12-16)38-24-9-6-21(30)29-20(24)5-8-26(29)37-18-3-4-19-17(13-28(34)35)15-36-27(19)14-18/h2-4,6-7,9-12,14,17,26H,5,8,13,15H2,1H3,(H,34,35)/t17?,26-/m1/s1. The van der Waals surface area contributed by atoms with E-state index in [1.54, 1.807) is 54.3 Å². The first kappa shape index (κ1) is 24.0. The Morgan fingerprint density at radius 3 is 2.71 bits per heavy atom. The number of carboxylic acids is 1. The fourth-order valence-corrected chi connectivity index (χ4v) is 5.25. The second kappa shape index (κ2) is 9.48. The van der Waals surface area contributed by atoms with Gasteiger partial charge in [-0.05, 0) is 55.3 Å². The van der Waals surface area contributed by atoms with Gasteiger partial charge in [0.15, 0.2) is 11.6 Å². The van der Waals surface area contributed by atoms with Gasteiger partial charge < -0.3 is 19.3 Å². The third-order valence-corrected chi connectivity index (χ3v) is 7.07. The summed E-state index contributed by atoms with van der Waals surface area (Å²) in [7, 11) is 1.78. The maximum absolute atomic E-state index is 15.0. The molecular formula is C29H24F2N2O5. The summed E-state index contributed by atoms with van der Waals surface area (Å²) in [6.45, 7) is 0.298. The molecule has 194 valence electrons. The number of carboxylic acid groups (broad SMARTS) is 1. The van der Waals surface area contributed by atoms with Crippen molar-refractivity contribution in [1.29, 1.82) is 0 Å². The number of rotatable bonds is 7. The monoisotopic (exact) mass is 518 g/mol. The van der Waals surface area contributed by atoms with Crippen molar-refractivity contribution in [3.8, 4) is 34.3 Å². The zero-order valence-electron chi connectivity index (χ0n) is 20.5. The van der Waals surface area contributed by atoms with E-state index in [1.807, 2.05) is 0 Å². The van der Waals surface area contributed by atoms with E-state index in [9.17, 15) is 13.6 Å². The van der Waals surface area contributed by atoms with Crippen molar-refractivity contribution in [2.75, 3.05) is 6.61 Å². The minimum atomic E-state index is -0.882. The number of ether oxygens (including phenoxy) is 3. The smallest absolute Gasteiger partial charge is 0.304 e. The highest BCUT2D eigenvalue weighted by Gasteiger charge is 2.32. The van der Waals surface area contributed by atoms with Gasteiger partial charge in [-0.3, -0.25) is 9.48 Å². The molecule has 0 spiro atoms. The normalized spacial score (nSPS) is 17.6. The summed E-state index contributed by atoms with van der Waals surface area (Å²) in [5.74, 6) is -0.539. The van der Waals surface area contributed by atoms with Crippen LogP contribution in [0, 0.1) is 11.6 Å². The zero-order valence-corrected chi connectivity index (χ0v) is 20.5. The molecule has 3 aromatic carbocycles.